The van der Waals surface area contributed by atoms with Gasteiger partial charge in [0.15, 0.2) is 0 Å². The van der Waals surface area contributed by atoms with Crippen LogP contribution in [0.15, 0.2) is 18.2 Å². The van der Waals surface area contributed by atoms with Gasteiger partial charge in [-0.15, -0.1) is 0 Å². The number of phenols is 1. The third kappa shape index (κ3) is 4.28. The highest BCUT2D eigenvalue weighted by molar-refractivity contribution is 5.97. The zero-order valence-corrected chi connectivity index (χ0v) is 13.4. The maximum absolute atomic E-state index is 12.2. The lowest BCUT2D eigenvalue weighted by atomic mass is 10.0. The van der Waals surface area contributed by atoms with Crippen LogP contribution in [0.3, 0.4) is 0 Å². The zero-order chi connectivity index (χ0) is 16.8. The molecule has 1 aliphatic rings. The molecule has 0 bridgehead atoms. The molecular formula is C16H22N2O5. The lowest BCUT2D eigenvalue weighted by molar-refractivity contribution is 0.0858. The van der Waals surface area contributed by atoms with E-state index in [0.29, 0.717) is 38.3 Å². The van der Waals surface area contributed by atoms with Gasteiger partial charge in [0.05, 0.1) is 19.3 Å². The van der Waals surface area contributed by atoms with E-state index in [9.17, 15) is 14.7 Å². The van der Waals surface area contributed by atoms with E-state index >= 15 is 0 Å². The van der Waals surface area contributed by atoms with Crippen LogP contribution in [0.4, 0.5) is 4.79 Å². The summed E-state index contributed by atoms with van der Waals surface area (Å²) in [6.07, 6.45) is 0.994. The SMILES string of the molecule is CCOC(=O)N1CCC(NC(=O)c2ccc(OC)cc2O)CC1. The molecule has 1 aliphatic heterocycles. The minimum Gasteiger partial charge on any atom is -0.507 e. The predicted octanol–water partition coefficient (Wildman–Crippen LogP) is 1.75. The second kappa shape index (κ2) is 7.71. The van der Waals surface area contributed by atoms with Crippen LogP contribution in [0.2, 0.25) is 0 Å². The molecule has 1 fully saturated rings. The number of piperidine rings is 1. The van der Waals surface area contributed by atoms with Crippen molar-refractivity contribution in [2.75, 3.05) is 26.8 Å². The van der Waals surface area contributed by atoms with Gasteiger partial charge in [0.1, 0.15) is 11.5 Å². The number of likely N-dealkylation sites (tertiary alicyclic amines) is 1. The minimum absolute atomic E-state index is 0.0327. The van der Waals surface area contributed by atoms with Gasteiger partial charge >= 0.3 is 6.09 Å². The number of hydrogen-bond donors (Lipinski definition) is 2. The van der Waals surface area contributed by atoms with Crippen LogP contribution in [0.5, 0.6) is 11.5 Å². The van der Waals surface area contributed by atoms with Gasteiger partial charge in [-0.05, 0) is 31.9 Å². The van der Waals surface area contributed by atoms with E-state index in [1.165, 1.54) is 19.2 Å². The van der Waals surface area contributed by atoms with Crippen molar-refractivity contribution < 1.29 is 24.2 Å². The Labute approximate surface area is 135 Å². The van der Waals surface area contributed by atoms with Crippen molar-refractivity contribution in [3.8, 4) is 11.5 Å². The summed E-state index contributed by atoms with van der Waals surface area (Å²) >= 11 is 0. The monoisotopic (exact) mass is 322 g/mol. The van der Waals surface area contributed by atoms with Crippen LogP contribution in [-0.2, 0) is 4.74 Å². The average molecular weight is 322 g/mol. The first-order valence-electron chi connectivity index (χ1n) is 7.64. The lowest BCUT2D eigenvalue weighted by Crippen LogP contribution is -2.46. The highest BCUT2D eigenvalue weighted by atomic mass is 16.6. The van der Waals surface area contributed by atoms with Crippen LogP contribution >= 0.6 is 0 Å². The number of amides is 2. The second-order valence-corrected chi connectivity index (χ2v) is 5.32. The highest BCUT2D eigenvalue weighted by Crippen LogP contribution is 2.23. The second-order valence-electron chi connectivity index (χ2n) is 5.32. The third-order valence-electron chi connectivity index (χ3n) is 3.81. The number of hydrogen-bond acceptors (Lipinski definition) is 5. The molecule has 0 aromatic heterocycles. The first-order chi connectivity index (χ1) is 11.0. The normalized spacial score (nSPS) is 15.1. The Balaban J connectivity index is 1.89. The van der Waals surface area contributed by atoms with Crippen molar-refractivity contribution in [1.82, 2.24) is 10.2 Å². The number of rotatable bonds is 4. The fraction of sp³-hybridized carbons (Fsp3) is 0.500. The van der Waals surface area contributed by atoms with Crippen molar-refractivity contribution in [3.63, 3.8) is 0 Å². The van der Waals surface area contributed by atoms with E-state index in [4.69, 9.17) is 9.47 Å². The molecule has 1 heterocycles. The van der Waals surface area contributed by atoms with Crippen molar-refractivity contribution in [1.29, 1.82) is 0 Å². The number of phenolic OH excluding ortho intramolecular Hbond substituents is 1. The molecule has 126 valence electrons. The van der Waals surface area contributed by atoms with Crippen LogP contribution in [0.1, 0.15) is 30.1 Å². The summed E-state index contributed by atoms with van der Waals surface area (Å²) < 4.78 is 9.95. The first kappa shape index (κ1) is 16.9. The Kier molecular flexibility index (Phi) is 5.67. The predicted molar refractivity (Wildman–Crippen MR) is 83.7 cm³/mol. The van der Waals surface area contributed by atoms with E-state index in [2.05, 4.69) is 5.32 Å². The number of methoxy groups -OCH3 is 1. The van der Waals surface area contributed by atoms with Gasteiger partial charge < -0.3 is 24.8 Å². The Morgan fingerprint density at radius 1 is 1.35 bits per heavy atom. The molecule has 23 heavy (non-hydrogen) atoms. The minimum atomic E-state index is -0.334. The molecule has 7 heteroatoms. The summed E-state index contributed by atoms with van der Waals surface area (Å²) in [5, 5.41) is 12.8. The maximum Gasteiger partial charge on any atom is 0.409 e. The van der Waals surface area contributed by atoms with Crippen LogP contribution in [0, 0.1) is 0 Å². The van der Waals surface area contributed by atoms with Crippen LogP contribution < -0.4 is 10.1 Å². The Bertz CT molecular complexity index is 568. The quantitative estimate of drug-likeness (QED) is 0.882. The number of nitrogens with zero attached hydrogens (tertiary/aromatic N) is 1. The topological polar surface area (TPSA) is 88.1 Å². The van der Waals surface area contributed by atoms with E-state index in [-0.39, 0.29) is 29.4 Å². The Morgan fingerprint density at radius 2 is 2.04 bits per heavy atom. The van der Waals surface area contributed by atoms with Gasteiger partial charge in [0, 0.05) is 25.2 Å². The van der Waals surface area contributed by atoms with E-state index < -0.39 is 0 Å². The fourth-order valence-electron chi connectivity index (χ4n) is 2.51. The maximum atomic E-state index is 12.2. The summed E-state index contributed by atoms with van der Waals surface area (Å²) in [5.74, 6) is 0.0346. The van der Waals surface area contributed by atoms with Crippen molar-refractivity contribution in [3.05, 3.63) is 23.8 Å². The summed E-state index contributed by atoms with van der Waals surface area (Å²) in [6, 6.07) is 4.52. The molecule has 2 rings (SSSR count). The number of aromatic hydroxyl groups is 1. The Hall–Kier alpha value is -2.44. The molecule has 7 nitrogen and oxygen atoms in total. The number of benzene rings is 1. The van der Waals surface area contributed by atoms with Gasteiger partial charge in [-0.2, -0.15) is 0 Å². The van der Waals surface area contributed by atoms with Gasteiger partial charge in [-0.1, -0.05) is 0 Å². The fourth-order valence-corrected chi connectivity index (χ4v) is 2.51. The Morgan fingerprint density at radius 3 is 2.61 bits per heavy atom. The molecule has 0 spiro atoms. The van der Waals surface area contributed by atoms with Gasteiger partial charge in [-0.25, -0.2) is 4.79 Å². The molecule has 0 unspecified atom stereocenters. The van der Waals surface area contributed by atoms with Gasteiger partial charge in [-0.3, -0.25) is 4.79 Å². The zero-order valence-electron chi connectivity index (χ0n) is 13.4. The molecule has 1 saturated heterocycles. The van der Waals surface area contributed by atoms with E-state index in [1.54, 1.807) is 17.9 Å². The van der Waals surface area contributed by atoms with E-state index in [0.717, 1.165) is 0 Å². The molecule has 2 N–H and O–H groups in total. The van der Waals surface area contributed by atoms with Crippen LogP contribution in [-0.4, -0.2) is 54.9 Å². The average Bonchev–Trinajstić information content (AvgIpc) is 2.55. The molecule has 0 saturated carbocycles. The third-order valence-corrected chi connectivity index (χ3v) is 3.81. The summed E-state index contributed by atoms with van der Waals surface area (Å²) in [6.45, 7) is 3.20. The van der Waals surface area contributed by atoms with Gasteiger partial charge in [0.25, 0.3) is 5.91 Å². The van der Waals surface area contributed by atoms with Crippen LogP contribution in [0.25, 0.3) is 0 Å². The van der Waals surface area contributed by atoms with Crippen molar-refractivity contribution >= 4 is 12.0 Å². The summed E-state index contributed by atoms with van der Waals surface area (Å²) in [7, 11) is 1.49. The number of carbonyl (C=O) groups excluding carboxylic acids is 2. The molecule has 0 atom stereocenters. The first-order valence-corrected chi connectivity index (χ1v) is 7.64. The standard InChI is InChI=1S/C16H22N2O5/c1-3-23-16(21)18-8-6-11(7-9-18)17-15(20)13-5-4-12(22-2)10-14(13)19/h4-5,10-11,19H,3,6-9H2,1-2H3,(H,17,20). The molecular weight excluding hydrogens is 300 g/mol. The largest absolute Gasteiger partial charge is 0.507 e. The van der Waals surface area contributed by atoms with Gasteiger partial charge in [0.2, 0.25) is 0 Å². The molecule has 2 amide bonds. The van der Waals surface area contributed by atoms with E-state index in [1.807, 2.05) is 0 Å². The van der Waals surface area contributed by atoms with Crippen molar-refractivity contribution in [2.24, 2.45) is 0 Å². The number of carbonyl (C=O) groups is 2. The smallest absolute Gasteiger partial charge is 0.409 e. The number of ether oxygens (including phenoxy) is 2. The molecule has 1 aromatic carbocycles. The lowest BCUT2D eigenvalue weighted by Gasteiger charge is -2.31. The summed E-state index contributed by atoms with van der Waals surface area (Å²) in [4.78, 5) is 25.5. The molecule has 0 aliphatic carbocycles. The number of nitrogens with one attached hydrogen (secondary N) is 1. The molecule has 0 radical (unpaired) electrons. The summed E-state index contributed by atoms with van der Waals surface area (Å²) in [5.41, 5.74) is 0.207. The highest BCUT2D eigenvalue weighted by Gasteiger charge is 2.25. The molecule has 1 aromatic rings. The van der Waals surface area contributed by atoms with Crippen molar-refractivity contribution in [2.45, 2.75) is 25.8 Å².